The lowest BCUT2D eigenvalue weighted by Crippen LogP contribution is -2.29. The van der Waals surface area contributed by atoms with E-state index in [1.54, 1.807) is 0 Å². The number of H-pyrrole nitrogens is 1. The van der Waals surface area contributed by atoms with Gasteiger partial charge >= 0.3 is 0 Å². The van der Waals surface area contributed by atoms with Crippen molar-refractivity contribution in [2.75, 3.05) is 11.9 Å². The lowest BCUT2D eigenvalue weighted by Gasteiger charge is -2.12. The maximum absolute atomic E-state index is 11.2. The van der Waals surface area contributed by atoms with E-state index in [4.69, 9.17) is 5.73 Å². The van der Waals surface area contributed by atoms with E-state index in [1.165, 1.54) is 6.33 Å². The fourth-order valence-electron chi connectivity index (χ4n) is 1.21. The summed E-state index contributed by atoms with van der Waals surface area (Å²) in [5.41, 5.74) is 5.63. The first kappa shape index (κ1) is 12.2. The molecule has 1 heterocycles. The van der Waals surface area contributed by atoms with Crippen LogP contribution in [0.4, 0.5) is 5.82 Å². The van der Waals surface area contributed by atoms with Crippen LogP contribution < -0.4 is 16.6 Å². The molecule has 0 fully saturated rings. The zero-order valence-electron chi connectivity index (χ0n) is 8.59. The molecular weight excluding hydrogens is 260 g/mol. The number of halogens is 1. The molecule has 0 aliphatic heterocycles. The van der Waals surface area contributed by atoms with Crippen molar-refractivity contribution in [3.05, 3.63) is 21.2 Å². The van der Waals surface area contributed by atoms with Crippen LogP contribution >= 0.6 is 15.9 Å². The first-order chi connectivity index (χ1) is 7.15. The van der Waals surface area contributed by atoms with Crippen LogP contribution in [0.2, 0.25) is 0 Å². The number of anilines is 1. The van der Waals surface area contributed by atoms with Gasteiger partial charge in [0, 0.05) is 12.6 Å². The predicted molar refractivity (Wildman–Crippen MR) is 63.9 cm³/mol. The van der Waals surface area contributed by atoms with Crippen LogP contribution in [0.5, 0.6) is 0 Å². The van der Waals surface area contributed by atoms with Crippen LogP contribution in [-0.2, 0) is 0 Å². The van der Waals surface area contributed by atoms with Crippen molar-refractivity contribution < 1.29 is 0 Å². The molecule has 0 saturated heterocycles. The molecule has 0 radical (unpaired) electrons. The molecular formula is C9H15BrN4O. The zero-order valence-corrected chi connectivity index (χ0v) is 10.2. The third kappa shape index (κ3) is 3.64. The molecule has 15 heavy (non-hydrogen) atoms. The van der Waals surface area contributed by atoms with E-state index in [2.05, 4.69) is 38.1 Å². The SMILES string of the molecule is CCCC(N)CNc1nc[nH]c(=O)c1Br. The lowest BCUT2D eigenvalue weighted by molar-refractivity contribution is 0.625. The van der Waals surface area contributed by atoms with E-state index in [0.717, 1.165) is 12.8 Å². The first-order valence-corrected chi connectivity index (χ1v) is 5.67. The van der Waals surface area contributed by atoms with Crippen molar-refractivity contribution in [1.29, 1.82) is 0 Å². The van der Waals surface area contributed by atoms with Crippen LogP contribution in [0.3, 0.4) is 0 Å². The van der Waals surface area contributed by atoms with Crippen molar-refractivity contribution in [1.82, 2.24) is 9.97 Å². The van der Waals surface area contributed by atoms with Gasteiger partial charge in [-0.1, -0.05) is 13.3 Å². The number of hydrogen-bond acceptors (Lipinski definition) is 4. The molecule has 0 amide bonds. The normalized spacial score (nSPS) is 12.5. The Kier molecular flexibility index (Phi) is 4.77. The van der Waals surface area contributed by atoms with Gasteiger partial charge in [-0.05, 0) is 22.4 Å². The van der Waals surface area contributed by atoms with Crippen molar-refractivity contribution >= 4 is 21.7 Å². The van der Waals surface area contributed by atoms with E-state index in [0.29, 0.717) is 16.8 Å². The zero-order chi connectivity index (χ0) is 11.3. The molecule has 1 atom stereocenters. The smallest absolute Gasteiger partial charge is 0.267 e. The molecule has 0 bridgehead atoms. The quantitative estimate of drug-likeness (QED) is 0.750. The standard InChI is InChI=1S/C9H15BrN4O/c1-2-3-6(11)4-12-8-7(10)9(15)14-5-13-8/h5-6H,2-4,11H2,1H3,(H2,12,13,14,15). The molecule has 5 nitrogen and oxygen atoms in total. The maximum atomic E-state index is 11.2. The van der Waals surface area contributed by atoms with E-state index >= 15 is 0 Å². The van der Waals surface area contributed by atoms with E-state index < -0.39 is 0 Å². The fourth-order valence-corrected chi connectivity index (χ4v) is 1.56. The van der Waals surface area contributed by atoms with Crippen LogP contribution in [0.25, 0.3) is 0 Å². The predicted octanol–water partition coefficient (Wildman–Crippen LogP) is 1.07. The highest BCUT2D eigenvalue weighted by molar-refractivity contribution is 9.10. The molecule has 0 spiro atoms. The number of nitrogens with two attached hydrogens (primary N) is 1. The number of aromatic nitrogens is 2. The Morgan fingerprint density at radius 1 is 1.73 bits per heavy atom. The molecule has 6 heteroatoms. The van der Waals surface area contributed by atoms with Gasteiger partial charge in [0.25, 0.3) is 5.56 Å². The van der Waals surface area contributed by atoms with Crippen molar-refractivity contribution in [2.45, 2.75) is 25.8 Å². The first-order valence-electron chi connectivity index (χ1n) is 4.87. The second-order valence-corrected chi connectivity index (χ2v) is 4.12. The molecule has 0 aliphatic rings. The van der Waals surface area contributed by atoms with Gasteiger partial charge < -0.3 is 16.0 Å². The largest absolute Gasteiger partial charge is 0.367 e. The Hall–Kier alpha value is -0.880. The number of nitrogens with zero attached hydrogens (tertiary/aromatic N) is 1. The van der Waals surface area contributed by atoms with E-state index in [1.807, 2.05) is 0 Å². The van der Waals surface area contributed by atoms with Crippen LogP contribution in [0.15, 0.2) is 15.6 Å². The number of aromatic amines is 1. The average molecular weight is 275 g/mol. The molecule has 84 valence electrons. The topological polar surface area (TPSA) is 83.8 Å². The number of rotatable bonds is 5. The summed E-state index contributed by atoms with van der Waals surface area (Å²) in [5, 5.41) is 3.04. The highest BCUT2D eigenvalue weighted by Crippen LogP contribution is 2.12. The van der Waals surface area contributed by atoms with E-state index in [9.17, 15) is 4.79 Å². The Morgan fingerprint density at radius 2 is 2.47 bits per heavy atom. The van der Waals surface area contributed by atoms with Crippen molar-refractivity contribution in [3.63, 3.8) is 0 Å². The minimum absolute atomic E-state index is 0.0861. The van der Waals surface area contributed by atoms with Crippen LogP contribution in [-0.4, -0.2) is 22.6 Å². The highest BCUT2D eigenvalue weighted by atomic mass is 79.9. The fraction of sp³-hybridized carbons (Fsp3) is 0.556. The third-order valence-electron chi connectivity index (χ3n) is 1.99. The van der Waals surface area contributed by atoms with Crippen molar-refractivity contribution in [3.8, 4) is 0 Å². The van der Waals surface area contributed by atoms with Crippen LogP contribution in [0, 0.1) is 0 Å². The second kappa shape index (κ2) is 5.87. The summed E-state index contributed by atoms with van der Waals surface area (Å²) < 4.78 is 0.411. The van der Waals surface area contributed by atoms with Crippen LogP contribution in [0.1, 0.15) is 19.8 Å². The van der Waals surface area contributed by atoms with E-state index in [-0.39, 0.29) is 11.6 Å². The van der Waals surface area contributed by atoms with Crippen molar-refractivity contribution in [2.24, 2.45) is 5.73 Å². The molecule has 0 aromatic carbocycles. The summed E-state index contributed by atoms with van der Waals surface area (Å²) in [5.74, 6) is 0.533. The summed E-state index contributed by atoms with van der Waals surface area (Å²) in [6.07, 6.45) is 3.36. The van der Waals surface area contributed by atoms with Gasteiger partial charge in [-0.3, -0.25) is 4.79 Å². The van der Waals surface area contributed by atoms with Gasteiger partial charge in [-0.25, -0.2) is 4.98 Å². The molecule has 1 rings (SSSR count). The highest BCUT2D eigenvalue weighted by Gasteiger charge is 2.06. The number of hydrogen-bond donors (Lipinski definition) is 3. The van der Waals surface area contributed by atoms with Gasteiger partial charge in [0.05, 0.1) is 6.33 Å². The Balaban J connectivity index is 2.58. The van der Waals surface area contributed by atoms with Gasteiger partial charge in [-0.15, -0.1) is 0 Å². The Labute approximate surface area is 96.6 Å². The lowest BCUT2D eigenvalue weighted by atomic mass is 10.2. The molecule has 1 aromatic heterocycles. The second-order valence-electron chi connectivity index (χ2n) is 3.32. The summed E-state index contributed by atoms with van der Waals surface area (Å²) in [4.78, 5) is 17.7. The molecule has 0 aliphatic carbocycles. The summed E-state index contributed by atoms with van der Waals surface area (Å²) in [7, 11) is 0. The third-order valence-corrected chi connectivity index (χ3v) is 2.72. The molecule has 0 saturated carbocycles. The minimum Gasteiger partial charge on any atom is -0.367 e. The van der Waals surface area contributed by atoms with Gasteiger partial charge in [0.1, 0.15) is 10.3 Å². The minimum atomic E-state index is -0.198. The Bertz CT molecular complexity index is 365. The summed E-state index contributed by atoms with van der Waals surface area (Å²) in [6, 6.07) is 0.0861. The average Bonchev–Trinajstić information content (AvgIpc) is 2.21. The maximum Gasteiger partial charge on any atom is 0.267 e. The van der Waals surface area contributed by atoms with Gasteiger partial charge in [-0.2, -0.15) is 0 Å². The molecule has 1 unspecified atom stereocenters. The van der Waals surface area contributed by atoms with Gasteiger partial charge in [0.15, 0.2) is 0 Å². The van der Waals surface area contributed by atoms with Gasteiger partial charge in [0.2, 0.25) is 0 Å². The summed E-state index contributed by atoms with van der Waals surface area (Å²) in [6.45, 7) is 2.70. The molecule has 4 N–H and O–H groups in total. The Morgan fingerprint density at radius 3 is 3.13 bits per heavy atom. The molecule has 1 aromatic rings. The summed E-state index contributed by atoms with van der Waals surface area (Å²) >= 11 is 3.16. The monoisotopic (exact) mass is 274 g/mol. The number of nitrogens with one attached hydrogen (secondary N) is 2.